The first-order chi connectivity index (χ1) is 19.5. The van der Waals surface area contributed by atoms with Gasteiger partial charge in [0.15, 0.2) is 0 Å². The van der Waals surface area contributed by atoms with Gasteiger partial charge in [-0.1, -0.05) is 42.5 Å². The van der Waals surface area contributed by atoms with Gasteiger partial charge >= 0.3 is 6.09 Å². The van der Waals surface area contributed by atoms with Gasteiger partial charge in [0.1, 0.15) is 17.7 Å². The number of nitrogens with zero attached hydrogens (tertiary/aromatic N) is 1. The number of benzene rings is 3. The number of ether oxygens (including phenoxy) is 1. The number of hydrogen-bond acceptors (Lipinski definition) is 6. The molecular formula is C31H38F3N3O4. The molecule has 0 saturated carbocycles. The third-order valence-electron chi connectivity index (χ3n) is 5.86. The van der Waals surface area contributed by atoms with Gasteiger partial charge in [0, 0.05) is 56.2 Å². The molecule has 0 fully saturated rings. The van der Waals surface area contributed by atoms with Crippen molar-refractivity contribution in [2.45, 2.75) is 52.3 Å². The number of amides is 1. The van der Waals surface area contributed by atoms with Gasteiger partial charge in [0.25, 0.3) is 6.43 Å². The van der Waals surface area contributed by atoms with Crippen LogP contribution in [0.4, 0.5) is 29.3 Å². The molecule has 0 aliphatic carbocycles. The van der Waals surface area contributed by atoms with E-state index in [-0.39, 0.29) is 24.1 Å². The maximum absolute atomic E-state index is 15.6. The molecule has 3 rings (SSSR count). The van der Waals surface area contributed by atoms with Crippen molar-refractivity contribution in [2.24, 2.45) is 0 Å². The average Bonchev–Trinajstić information content (AvgIpc) is 2.92. The van der Waals surface area contributed by atoms with Crippen LogP contribution in [-0.2, 0) is 29.0 Å². The van der Waals surface area contributed by atoms with E-state index in [4.69, 9.17) is 9.84 Å². The summed E-state index contributed by atoms with van der Waals surface area (Å²) in [5.41, 5.74) is 3.22. The smallest absolute Gasteiger partial charge is 0.407 e. The number of aliphatic hydroxyl groups is 1. The highest BCUT2D eigenvalue weighted by atomic mass is 19.3. The van der Waals surface area contributed by atoms with E-state index in [1.807, 2.05) is 36.2 Å². The predicted molar refractivity (Wildman–Crippen MR) is 156 cm³/mol. The fourth-order valence-corrected chi connectivity index (χ4v) is 4.05. The lowest BCUT2D eigenvalue weighted by Crippen LogP contribution is -2.32. The van der Waals surface area contributed by atoms with Crippen LogP contribution < -0.4 is 15.5 Å². The molecule has 3 aromatic carbocycles. The van der Waals surface area contributed by atoms with Crippen LogP contribution in [-0.4, -0.2) is 50.2 Å². The van der Waals surface area contributed by atoms with Gasteiger partial charge in [0.2, 0.25) is 0 Å². The first-order valence-electron chi connectivity index (χ1n) is 13.0. The minimum atomic E-state index is -2.57. The number of rotatable bonds is 11. The number of nitrogens with one attached hydrogen (secondary N) is 2. The topological polar surface area (TPSA) is 90.9 Å². The maximum atomic E-state index is 15.6. The van der Waals surface area contributed by atoms with Crippen molar-refractivity contribution in [1.82, 2.24) is 5.32 Å². The highest BCUT2D eigenvalue weighted by molar-refractivity contribution is 5.75. The maximum Gasteiger partial charge on any atom is 0.407 e. The predicted octanol–water partition coefficient (Wildman–Crippen LogP) is 6.18. The molecule has 10 heteroatoms. The fraction of sp³-hybridized carbons (Fsp3) is 0.355. The molecule has 0 aliphatic rings. The lowest BCUT2D eigenvalue weighted by molar-refractivity contribution is -0.107. The first kappa shape index (κ1) is 33.2. The standard InChI is InChI=1S/C30H34F3N3O3.CH4O/c1-30(2,3)39-29(38)35-17-21-10-7-11-26(28(21)33)23-14-24(34-18-27(31)32)16-25(15-23)36(4)19-22-9-6-5-8-20(22)12-13-37;1-2/h5-11,13-16,27,34H,12,17-19H2,1-4H3,(H,35,38);2H,1H3. The average molecular weight is 574 g/mol. The normalized spacial score (nSPS) is 10.9. The molecule has 0 aromatic heterocycles. The van der Waals surface area contributed by atoms with Crippen molar-refractivity contribution < 1.29 is 32.6 Å². The minimum absolute atomic E-state index is 0.0851. The zero-order chi connectivity index (χ0) is 30.6. The van der Waals surface area contributed by atoms with Crippen LogP contribution in [0.3, 0.4) is 0 Å². The number of carbonyl (C=O) groups excluding carboxylic acids is 2. The Balaban J connectivity index is 0.00000287. The minimum Gasteiger partial charge on any atom is -0.444 e. The number of carbonyl (C=O) groups is 2. The Bertz CT molecular complexity index is 1300. The summed E-state index contributed by atoms with van der Waals surface area (Å²) in [6.45, 7) is 5.01. The van der Waals surface area contributed by atoms with E-state index in [1.165, 1.54) is 0 Å². The highest BCUT2D eigenvalue weighted by Gasteiger charge is 2.18. The lowest BCUT2D eigenvalue weighted by Gasteiger charge is -2.23. The zero-order valence-corrected chi connectivity index (χ0v) is 24.0. The van der Waals surface area contributed by atoms with Gasteiger partial charge < -0.3 is 30.2 Å². The Morgan fingerprint density at radius 1 is 1.02 bits per heavy atom. The Hall–Kier alpha value is -4.05. The molecule has 0 aliphatic heterocycles. The van der Waals surface area contributed by atoms with Gasteiger partial charge in [-0.2, -0.15) is 0 Å². The monoisotopic (exact) mass is 573 g/mol. The van der Waals surface area contributed by atoms with Gasteiger partial charge in [-0.3, -0.25) is 0 Å². The molecule has 0 bridgehead atoms. The number of halogens is 3. The molecule has 1 amide bonds. The zero-order valence-electron chi connectivity index (χ0n) is 24.0. The molecule has 3 aromatic rings. The van der Waals surface area contributed by atoms with Crippen molar-refractivity contribution in [3.63, 3.8) is 0 Å². The summed E-state index contributed by atoms with van der Waals surface area (Å²) in [7, 11) is 2.84. The highest BCUT2D eigenvalue weighted by Crippen LogP contribution is 2.32. The molecule has 0 saturated heterocycles. The molecule has 0 unspecified atom stereocenters. The Morgan fingerprint density at radius 2 is 1.68 bits per heavy atom. The summed E-state index contributed by atoms with van der Waals surface area (Å²) in [6.07, 6.45) is -2.10. The number of aliphatic hydroxyl groups excluding tert-OH is 1. The van der Waals surface area contributed by atoms with Crippen LogP contribution >= 0.6 is 0 Å². The number of alkyl halides is 2. The SMILES string of the molecule is CN(Cc1ccccc1CC=O)c1cc(NCC(F)F)cc(-c2cccc(CNC(=O)OC(C)(C)C)c2F)c1.CO. The number of aldehydes is 1. The van der Waals surface area contributed by atoms with E-state index in [9.17, 15) is 18.4 Å². The number of hydrogen-bond donors (Lipinski definition) is 3. The molecule has 0 radical (unpaired) electrons. The Labute approximate surface area is 239 Å². The van der Waals surface area contributed by atoms with Crippen LogP contribution in [0.2, 0.25) is 0 Å². The molecule has 222 valence electrons. The van der Waals surface area contributed by atoms with Crippen LogP contribution in [0.5, 0.6) is 0 Å². The molecule has 7 nitrogen and oxygen atoms in total. The second kappa shape index (κ2) is 15.7. The van der Waals surface area contributed by atoms with Crippen molar-refractivity contribution in [2.75, 3.05) is 30.9 Å². The fourth-order valence-electron chi connectivity index (χ4n) is 4.05. The van der Waals surface area contributed by atoms with Crippen molar-refractivity contribution >= 4 is 23.8 Å². The van der Waals surface area contributed by atoms with Crippen molar-refractivity contribution in [3.05, 3.63) is 83.2 Å². The van der Waals surface area contributed by atoms with Gasteiger partial charge in [-0.05, 0) is 55.7 Å². The van der Waals surface area contributed by atoms with E-state index in [0.29, 0.717) is 23.5 Å². The summed E-state index contributed by atoms with van der Waals surface area (Å²) >= 11 is 0. The lowest BCUT2D eigenvalue weighted by atomic mass is 10.00. The van der Waals surface area contributed by atoms with Crippen LogP contribution in [0.1, 0.15) is 37.5 Å². The summed E-state index contributed by atoms with van der Waals surface area (Å²) in [4.78, 5) is 25.1. The summed E-state index contributed by atoms with van der Waals surface area (Å²) < 4.78 is 46.8. The van der Waals surface area contributed by atoms with E-state index in [1.54, 1.807) is 57.2 Å². The van der Waals surface area contributed by atoms with E-state index >= 15 is 4.39 Å². The van der Waals surface area contributed by atoms with Crippen LogP contribution in [0.25, 0.3) is 11.1 Å². The summed E-state index contributed by atoms with van der Waals surface area (Å²) in [6, 6.07) is 17.5. The molecule has 0 atom stereocenters. The molecule has 41 heavy (non-hydrogen) atoms. The number of alkyl carbamates (subject to hydrolysis) is 1. The number of anilines is 2. The van der Waals surface area contributed by atoms with Crippen molar-refractivity contribution in [3.8, 4) is 11.1 Å². The van der Waals surface area contributed by atoms with Crippen LogP contribution in [0.15, 0.2) is 60.7 Å². The second-order valence-corrected chi connectivity index (χ2v) is 10.2. The third-order valence-corrected chi connectivity index (χ3v) is 5.86. The Morgan fingerprint density at radius 3 is 2.32 bits per heavy atom. The quantitative estimate of drug-likeness (QED) is 0.237. The van der Waals surface area contributed by atoms with E-state index in [0.717, 1.165) is 24.5 Å². The molecule has 0 heterocycles. The van der Waals surface area contributed by atoms with Gasteiger partial charge in [-0.25, -0.2) is 18.0 Å². The largest absolute Gasteiger partial charge is 0.444 e. The second-order valence-electron chi connectivity index (χ2n) is 10.2. The molecule has 3 N–H and O–H groups in total. The van der Waals surface area contributed by atoms with E-state index in [2.05, 4.69) is 10.6 Å². The van der Waals surface area contributed by atoms with Crippen molar-refractivity contribution in [1.29, 1.82) is 0 Å². The van der Waals surface area contributed by atoms with Crippen LogP contribution in [0, 0.1) is 5.82 Å². The first-order valence-corrected chi connectivity index (χ1v) is 13.0. The van der Waals surface area contributed by atoms with Gasteiger partial charge in [0.05, 0.1) is 6.54 Å². The molecular weight excluding hydrogens is 535 g/mol. The summed E-state index contributed by atoms with van der Waals surface area (Å²) in [5, 5.41) is 12.3. The Kier molecular flexibility index (Phi) is 12.7. The van der Waals surface area contributed by atoms with Gasteiger partial charge in [-0.15, -0.1) is 0 Å². The third kappa shape index (κ3) is 10.5. The summed E-state index contributed by atoms with van der Waals surface area (Å²) in [5.74, 6) is -0.538. The molecule has 0 spiro atoms. The van der Waals surface area contributed by atoms with E-state index < -0.39 is 30.5 Å².